The highest BCUT2D eigenvalue weighted by molar-refractivity contribution is 7.47. The highest BCUT2D eigenvalue weighted by Gasteiger charge is 2.54. The van der Waals surface area contributed by atoms with E-state index in [1.807, 2.05) is 0 Å². The van der Waals surface area contributed by atoms with Gasteiger partial charge in [-0.05, 0) is 38.3 Å². The van der Waals surface area contributed by atoms with E-state index in [1.54, 1.807) is 19.1 Å². The number of phosphoric ester groups is 1. The normalized spacial score (nSPS) is 22.9. The van der Waals surface area contributed by atoms with E-state index < -0.39 is 38.3 Å². The number of ether oxygens (including phenoxy) is 2. The SMILES string of the molecule is CCCCCCCCCCCCCCCCCOCCCCOP(=O)(O)OC[C@H]1O[C@@](C)(c2ccc3c(N)ncnn23)[C@H](O)[C@@H]1O. The second kappa shape index (κ2) is 20.7. The molecule has 13 heteroatoms. The highest BCUT2D eigenvalue weighted by atomic mass is 31.2. The Morgan fingerprint density at radius 2 is 1.41 bits per heavy atom. The second-order valence-corrected chi connectivity index (χ2v) is 14.2. The highest BCUT2D eigenvalue weighted by Crippen LogP contribution is 2.46. The molecular formula is C33H59N4O8P. The molecule has 3 rings (SSSR count). The molecule has 1 aliphatic rings. The van der Waals surface area contributed by atoms with E-state index >= 15 is 0 Å². The largest absolute Gasteiger partial charge is 0.472 e. The third-order valence-corrected chi connectivity index (χ3v) is 9.87. The summed E-state index contributed by atoms with van der Waals surface area (Å²) in [5.74, 6) is 0.253. The summed E-state index contributed by atoms with van der Waals surface area (Å²) in [5, 5.41) is 25.6. The summed E-state index contributed by atoms with van der Waals surface area (Å²) in [6.07, 6.45) is 18.7. The first kappa shape index (κ1) is 38.8. The molecule has 46 heavy (non-hydrogen) atoms. The Balaban J connectivity index is 1.17. The standard InChI is InChI=1S/C33H59N4O8P/c1-3-4-5-6-7-8-9-10-11-12-13-14-15-16-17-22-42-23-18-19-24-43-46(40,41)44-25-28-30(38)31(39)33(2,45-28)29-21-20-27-32(34)35-26-36-37(27)29/h20-21,26,28,30-31,38-39H,3-19,22-25H2,1-2H3,(H,40,41)(H2,34,35,36)/t28-,30-,31-,33+/m1/s1. The van der Waals surface area contributed by atoms with E-state index in [4.69, 9.17) is 24.3 Å². The van der Waals surface area contributed by atoms with Crippen LogP contribution in [0, 0.1) is 0 Å². The molecule has 1 saturated heterocycles. The molecule has 0 radical (unpaired) electrons. The van der Waals surface area contributed by atoms with Gasteiger partial charge in [0, 0.05) is 13.2 Å². The van der Waals surface area contributed by atoms with Crippen LogP contribution in [0.3, 0.4) is 0 Å². The Morgan fingerprint density at radius 1 is 0.870 bits per heavy atom. The molecule has 0 saturated carbocycles. The monoisotopic (exact) mass is 670 g/mol. The summed E-state index contributed by atoms with van der Waals surface area (Å²) in [4.78, 5) is 14.1. The van der Waals surface area contributed by atoms with Gasteiger partial charge in [0.2, 0.25) is 0 Å². The first-order valence-electron chi connectivity index (χ1n) is 17.5. The molecule has 2 aromatic heterocycles. The first-order chi connectivity index (χ1) is 22.2. The molecule has 5 N–H and O–H groups in total. The summed E-state index contributed by atoms with van der Waals surface area (Å²) in [6.45, 7) is 4.74. The minimum atomic E-state index is -4.39. The Morgan fingerprint density at radius 3 is 2.02 bits per heavy atom. The summed E-state index contributed by atoms with van der Waals surface area (Å²) >= 11 is 0. The fraction of sp³-hybridized carbons (Fsp3) is 0.818. The van der Waals surface area contributed by atoms with Crippen molar-refractivity contribution in [1.82, 2.24) is 14.6 Å². The molecule has 0 bridgehead atoms. The molecule has 0 amide bonds. The van der Waals surface area contributed by atoms with Crippen molar-refractivity contribution in [3.05, 3.63) is 24.2 Å². The second-order valence-electron chi connectivity index (χ2n) is 12.7. The lowest BCUT2D eigenvalue weighted by atomic mass is 9.93. The van der Waals surface area contributed by atoms with Crippen LogP contribution in [0.25, 0.3) is 5.52 Å². The molecule has 0 spiro atoms. The fourth-order valence-corrected chi connectivity index (χ4v) is 6.79. The van der Waals surface area contributed by atoms with Crippen molar-refractivity contribution in [1.29, 1.82) is 0 Å². The summed E-state index contributed by atoms with van der Waals surface area (Å²) in [5.41, 5.74) is 5.48. The molecule has 0 aromatic carbocycles. The van der Waals surface area contributed by atoms with Gasteiger partial charge in [-0.25, -0.2) is 14.1 Å². The number of nitrogens with zero attached hydrogens (tertiary/aromatic N) is 3. The molecule has 264 valence electrons. The van der Waals surface area contributed by atoms with E-state index in [0.717, 1.165) is 13.0 Å². The molecular weight excluding hydrogens is 611 g/mol. The number of aliphatic hydroxyl groups is 2. The summed E-state index contributed by atoms with van der Waals surface area (Å²) in [7, 11) is -4.39. The van der Waals surface area contributed by atoms with E-state index in [2.05, 4.69) is 17.0 Å². The van der Waals surface area contributed by atoms with Crippen molar-refractivity contribution in [2.75, 3.05) is 32.2 Å². The predicted octanol–water partition coefficient (Wildman–Crippen LogP) is 6.45. The van der Waals surface area contributed by atoms with Gasteiger partial charge in [-0.2, -0.15) is 5.10 Å². The van der Waals surface area contributed by atoms with Gasteiger partial charge in [0.25, 0.3) is 0 Å². The Labute approximate surface area is 275 Å². The zero-order chi connectivity index (χ0) is 33.3. The number of hydrogen-bond acceptors (Lipinski definition) is 10. The number of unbranched alkanes of at least 4 members (excludes halogenated alkanes) is 15. The number of rotatable bonds is 26. The predicted molar refractivity (Wildman–Crippen MR) is 178 cm³/mol. The summed E-state index contributed by atoms with van der Waals surface area (Å²) in [6, 6.07) is 3.36. The lowest BCUT2D eigenvalue weighted by molar-refractivity contribution is -0.0888. The number of nitrogens with two attached hydrogens (primary N) is 1. The van der Waals surface area contributed by atoms with Gasteiger partial charge in [0.1, 0.15) is 35.8 Å². The quantitative estimate of drug-likeness (QED) is 0.0641. The topological polar surface area (TPSA) is 171 Å². The Bertz CT molecular complexity index is 1170. The third-order valence-electron chi connectivity index (χ3n) is 8.89. The van der Waals surface area contributed by atoms with Crippen LogP contribution in [0.5, 0.6) is 0 Å². The van der Waals surface area contributed by atoms with Crippen LogP contribution < -0.4 is 5.73 Å². The molecule has 1 fully saturated rings. The van der Waals surface area contributed by atoms with Gasteiger partial charge in [-0.15, -0.1) is 0 Å². The van der Waals surface area contributed by atoms with E-state index in [9.17, 15) is 19.7 Å². The maximum atomic E-state index is 12.4. The van der Waals surface area contributed by atoms with Crippen molar-refractivity contribution in [3.63, 3.8) is 0 Å². The van der Waals surface area contributed by atoms with Crippen LogP contribution in [0.2, 0.25) is 0 Å². The fourth-order valence-electron chi connectivity index (χ4n) is 6.02. The van der Waals surface area contributed by atoms with E-state index in [0.29, 0.717) is 30.7 Å². The number of fused-ring (bicyclic) bond motifs is 1. The molecule has 1 aliphatic heterocycles. The molecule has 3 heterocycles. The van der Waals surface area contributed by atoms with Crippen LogP contribution in [0.4, 0.5) is 5.82 Å². The molecule has 0 aliphatic carbocycles. The van der Waals surface area contributed by atoms with Gasteiger partial charge in [0.15, 0.2) is 5.82 Å². The number of anilines is 1. The molecule has 5 atom stereocenters. The third kappa shape index (κ3) is 12.4. The zero-order valence-electron chi connectivity index (χ0n) is 28.1. The van der Waals surface area contributed by atoms with Crippen LogP contribution in [0.1, 0.15) is 129 Å². The lowest BCUT2D eigenvalue weighted by Crippen LogP contribution is -2.39. The molecule has 2 aromatic rings. The van der Waals surface area contributed by atoms with Crippen LogP contribution in [0.15, 0.2) is 18.5 Å². The van der Waals surface area contributed by atoms with Crippen molar-refractivity contribution in [2.45, 2.75) is 147 Å². The van der Waals surface area contributed by atoms with Crippen LogP contribution in [-0.4, -0.2) is 74.4 Å². The average Bonchev–Trinajstić information content (AvgIpc) is 3.57. The van der Waals surface area contributed by atoms with Gasteiger partial charge in [-0.1, -0.05) is 96.8 Å². The number of hydrogen-bond donors (Lipinski definition) is 4. The van der Waals surface area contributed by atoms with E-state index in [1.165, 1.54) is 101 Å². The number of aliphatic hydroxyl groups excluding tert-OH is 2. The molecule has 1 unspecified atom stereocenters. The maximum absolute atomic E-state index is 12.4. The van der Waals surface area contributed by atoms with Crippen molar-refractivity contribution >= 4 is 19.2 Å². The number of nitrogen functional groups attached to an aromatic ring is 1. The van der Waals surface area contributed by atoms with Gasteiger partial charge >= 0.3 is 7.82 Å². The Kier molecular flexibility index (Phi) is 17.4. The Hall–Kier alpha value is -1.63. The van der Waals surface area contributed by atoms with Crippen LogP contribution in [-0.2, 0) is 28.7 Å². The van der Waals surface area contributed by atoms with Gasteiger partial charge < -0.3 is 30.3 Å². The first-order valence-corrected chi connectivity index (χ1v) is 19.0. The van der Waals surface area contributed by atoms with E-state index in [-0.39, 0.29) is 12.4 Å². The average molecular weight is 671 g/mol. The van der Waals surface area contributed by atoms with Crippen molar-refractivity contribution < 1.29 is 38.2 Å². The van der Waals surface area contributed by atoms with Crippen molar-refractivity contribution in [3.8, 4) is 0 Å². The minimum absolute atomic E-state index is 0.0295. The molecule has 12 nitrogen and oxygen atoms in total. The number of aromatic nitrogens is 3. The van der Waals surface area contributed by atoms with Gasteiger partial charge in [0.05, 0.1) is 18.9 Å². The number of phosphoric acid groups is 1. The van der Waals surface area contributed by atoms with Crippen molar-refractivity contribution in [2.24, 2.45) is 0 Å². The lowest BCUT2D eigenvalue weighted by Gasteiger charge is -2.27. The maximum Gasteiger partial charge on any atom is 0.472 e. The van der Waals surface area contributed by atoms with Crippen LogP contribution >= 0.6 is 7.82 Å². The minimum Gasteiger partial charge on any atom is -0.387 e. The smallest absolute Gasteiger partial charge is 0.387 e. The van der Waals surface area contributed by atoms with Gasteiger partial charge in [-0.3, -0.25) is 9.05 Å². The zero-order valence-corrected chi connectivity index (χ0v) is 29.0. The summed E-state index contributed by atoms with van der Waals surface area (Å²) < 4.78 is 35.7.